The summed E-state index contributed by atoms with van der Waals surface area (Å²) in [6.07, 6.45) is 2.32. The van der Waals surface area contributed by atoms with Gasteiger partial charge in [0.25, 0.3) is 0 Å². The molecule has 0 aliphatic carbocycles. The van der Waals surface area contributed by atoms with E-state index in [1.807, 2.05) is 0 Å². The molecular weight excluding hydrogens is 230 g/mol. The first-order chi connectivity index (χ1) is 8.07. The average molecular weight is 253 g/mol. The molecule has 1 aromatic rings. The van der Waals surface area contributed by atoms with Crippen molar-refractivity contribution in [2.75, 3.05) is 20.1 Å². The zero-order chi connectivity index (χ0) is 12.5. The first-order valence-electron chi connectivity index (χ1n) is 6.45. The van der Waals surface area contributed by atoms with Gasteiger partial charge in [-0.05, 0) is 40.3 Å². The number of hydrogen-bond donors (Lipinski definition) is 1. The van der Waals surface area contributed by atoms with Gasteiger partial charge in [-0.15, -0.1) is 11.3 Å². The van der Waals surface area contributed by atoms with Crippen LogP contribution in [-0.4, -0.2) is 36.1 Å². The molecule has 2 heterocycles. The summed E-state index contributed by atoms with van der Waals surface area (Å²) in [4.78, 5) is 7.16. The highest BCUT2D eigenvalue weighted by atomic mass is 32.1. The minimum atomic E-state index is 0.111. The van der Waals surface area contributed by atoms with Gasteiger partial charge in [-0.3, -0.25) is 0 Å². The van der Waals surface area contributed by atoms with Gasteiger partial charge >= 0.3 is 0 Å². The quantitative estimate of drug-likeness (QED) is 0.896. The maximum Gasteiger partial charge on any atom is 0.113 e. The van der Waals surface area contributed by atoms with E-state index >= 15 is 0 Å². The van der Waals surface area contributed by atoms with Crippen LogP contribution in [0.3, 0.4) is 0 Å². The molecule has 0 saturated carbocycles. The highest BCUT2D eigenvalue weighted by Crippen LogP contribution is 2.36. The van der Waals surface area contributed by atoms with E-state index in [-0.39, 0.29) is 5.54 Å². The first kappa shape index (κ1) is 13.0. The molecular formula is C13H23N3S. The zero-order valence-electron chi connectivity index (χ0n) is 11.3. The molecule has 0 radical (unpaired) electrons. The molecule has 1 aliphatic rings. The van der Waals surface area contributed by atoms with Gasteiger partial charge in [0.1, 0.15) is 5.01 Å². The predicted molar refractivity (Wildman–Crippen MR) is 73.5 cm³/mol. The molecule has 2 atom stereocenters. The summed E-state index contributed by atoms with van der Waals surface area (Å²) in [5.41, 5.74) is 1.26. The molecule has 1 aromatic heterocycles. The molecule has 96 valence electrons. The van der Waals surface area contributed by atoms with Crippen LogP contribution in [0.15, 0.2) is 5.38 Å². The van der Waals surface area contributed by atoms with E-state index in [1.54, 1.807) is 11.3 Å². The lowest BCUT2D eigenvalue weighted by molar-refractivity contribution is 0.107. The smallest absolute Gasteiger partial charge is 0.113 e. The van der Waals surface area contributed by atoms with Crippen molar-refractivity contribution >= 4 is 11.3 Å². The largest absolute Gasteiger partial charge is 0.306 e. The molecule has 3 nitrogen and oxygen atoms in total. The SMILES string of the molecule is CCNC1(c2nc(C)cs2)CCN(C)C(C)C1. The van der Waals surface area contributed by atoms with Crippen molar-refractivity contribution in [3.8, 4) is 0 Å². The van der Waals surface area contributed by atoms with Gasteiger partial charge in [-0.1, -0.05) is 6.92 Å². The van der Waals surface area contributed by atoms with Gasteiger partial charge in [0.15, 0.2) is 0 Å². The molecule has 2 unspecified atom stereocenters. The fourth-order valence-corrected chi connectivity index (χ4v) is 3.71. The number of aromatic nitrogens is 1. The topological polar surface area (TPSA) is 28.2 Å². The number of thiazole rings is 1. The van der Waals surface area contributed by atoms with Crippen LogP contribution in [0.4, 0.5) is 0 Å². The van der Waals surface area contributed by atoms with E-state index < -0.39 is 0 Å². The van der Waals surface area contributed by atoms with Crippen LogP contribution in [0.1, 0.15) is 37.4 Å². The maximum atomic E-state index is 4.72. The van der Waals surface area contributed by atoms with Crippen molar-refractivity contribution in [3.63, 3.8) is 0 Å². The summed E-state index contributed by atoms with van der Waals surface area (Å²) in [7, 11) is 2.22. The number of hydrogen-bond acceptors (Lipinski definition) is 4. The molecule has 0 spiro atoms. The van der Waals surface area contributed by atoms with Gasteiger partial charge in [0.2, 0.25) is 0 Å². The monoisotopic (exact) mass is 253 g/mol. The minimum Gasteiger partial charge on any atom is -0.306 e. The third-order valence-electron chi connectivity index (χ3n) is 3.83. The van der Waals surface area contributed by atoms with Crippen LogP contribution in [0.5, 0.6) is 0 Å². The highest BCUT2D eigenvalue weighted by Gasteiger charge is 2.39. The average Bonchev–Trinajstić information content (AvgIpc) is 2.72. The fourth-order valence-electron chi connectivity index (χ4n) is 2.69. The van der Waals surface area contributed by atoms with Gasteiger partial charge in [-0.2, -0.15) is 0 Å². The molecule has 0 bridgehead atoms. The second-order valence-corrected chi connectivity index (χ2v) is 6.05. The van der Waals surface area contributed by atoms with E-state index in [1.165, 1.54) is 5.01 Å². The third kappa shape index (κ3) is 2.54. The summed E-state index contributed by atoms with van der Waals surface area (Å²) in [5, 5.41) is 7.14. The molecule has 0 aromatic carbocycles. The van der Waals surface area contributed by atoms with E-state index in [0.29, 0.717) is 6.04 Å². The van der Waals surface area contributed by atoms with Crippen LogP contribution < -0.4 is 5.32 Å². The molecule has 17 heavy (non-hydrogen) atoms. The van der Waals surface area contributed by atoms with Gasteiger partial charge in [-0.25, -0.2) is 4.98 Å². The Labute approximate surface area is 108 Å². The van der Waals surface area contributed by atoms with Crippen LogP contribution >= 0.6 is 11.3 Å². The Bertz CT molecular complexity index is 376. The lowest BCUT2D eigenvalue weighted by atomic mass is 9.84. The zero-order valence-corrected chi connectivity index (χ0v) is 12.1. The number of aryl methyl sites for hydroxylation is 1. The lowest BCUT2D eigenvalue weighted by Crippen LogP contribution is -2.53. The van der Waals surface area contributed by atoms with Crippen molar-refractivity contribution in [3.05, 3.63) is 16.1 Å². The second-order valence-electron chi connectivity index (χ2n) is 5.19. The number of likely N-dealkylation sites (tertiary alicyclic amines) is 1. The summed E-state index contributed by atoms with van der Waals surface area (Å²) >= 11 is 1.81. The summed E-state index contributed by atoms with van der Waals surface area (Å²) in [6, 6.07) is 0.618. The molecule has 0 amide bonds. The van der Waals surface area contributed by atoms with Crippen LogP contribution in [-0.2, 0) is 5.54 Å². The van der Waals surface area contributed by atoms with Gasteiger partial charge in [0, 0.05) is 23.7 Å². The maximum absolute atomic E-state index is 4.72. The molecule has 2 rings (SSSR count). The normalized spacial score (nSPS) is 30.7. The fraction of sp³-hybridized carbons (Fsp3) is 0.769. The minimum absolute atomic E-state index is 0.111. The van der Waals surface area contributed by atoms with Gasteiger partial charge in [0.05, 0.1) is 5.54 Å². The summed E-state index contributed by atoms with van der Waals surface area (Å²) < 4.78 is 0. The van der Waals surface area contributed by atoms with E-state index in [4.69, 9.17) is 4.98 Å². The standard InChI is InChI=1S/C13H23N3S/c1-5-14-13(12-15-10(2)9-17-12)6-7-16(4)11(3)8-13/h9,11,14H,5-8H2,1-4H3. The number of rotatable bonds is 3. The third-order valence-corrected chi connectivity index (χ3v) is 5.00. The van der Waals surface area contributed by atoms with Gasteiger partial charge < -0.3 is 10.2 Å². The van der Waals surface area contributed by atoms with E-state index in [0.717, 1.165) is 31.6 Å². The van der Waals surface area contributed by atoms with Crippen LogP contribution in [0.2, 0.25) is 0 Å². The van der Waals surface area contributed by atoms with E-state index in [9.17, 15) is 0 Å². The Morgan fingerprint density at radius 2 is 2.41 bits per heavy atom. The molecule has 1 fully saturated rings. The van der Waals surface area contributed by atoms with Crippen molar-refractivity contribution in [1.29, 1.82) is 0 Å². The number of nitrogens with zero attached hydrogens (tertiary/aromatic N) is 2. The Morgan fingerprint density at radius 1 is 1.65 bits per heavy atom. The molecule has 4 heteroatoms. The number of nitrogens with one attached hydrogen (secondary N) is 1. The Balaban J connectivity index is 2.27. The Morgan fingerprint density at radius 3 is 2.94 bits per heavy atom. The number of piperidine rings is 1. The Kier molecular flexibility index (Phi) is 3.85. The molecule has 1 N–H and O–H groups in total. The molecule has 1 aliphatic heterocycles. The molecule has 1 saturated heterocycles. The van der Waals surface area contributed by atoms with Crippen molar-refractivity contribution in [2.24, 2.45) is 0 Å². The summed E-state index contributed by atoms with van der Waals surface area (Å²) in [5.74, 6) is 0. The van der Waals surface area contributed by atoms with Crippen LogP contribution in [0.25, 0.3) is 0 Å². The Hall–Kier alpha value is -0.450. The predicted octanol–water partition coefficient (Wildman–Crippen LogP) is 2.37. The first-order valence-corrected chi connectivity index (χ1v) is 7.33. The van der Waals surface area contributed by atoms with Crippen molar-refractivity contribution in [1.82, 2.24) is 15.2 Å². The van der Waals surface area contributed by atoms with Crippen LogP contribution in [0, 0.1) is 6.92 Å². The van der Waals surface area contributed by atoms with E-state index in [2.05, 4.69) is 43.4 Å². The van der Waals surface area contributed by atoms with Crippen molar-refractivity contribution < 1.29 is 0 Å². The summed E-state index contributed by atoms with van der Waals surface area (Å²) in [6.45, 7) is 8.73. The second kappa shape index (κ2) is 5.04. The highest BCUT2D eigenvalue weighted by molar-refractivity contribution is 7.09. The lowest BCUT2D eigenvalue weighted by Gasteiger charge is -2.43. The van der Waals surface area contributed by atoms with Crippen molar-refractivity contribution in [2.45, 2.75) is 45.2 Å².